The van der Waals surface area contributed by atoms with Crippen molar-refractivity contribution < 1.29 is 0 Å². The van der Waals surface area contributed by atoms with Gasteiger partial charge in [-0.2, -0.15) is 0 Å². The minimum Gasteiger partial charge on any atom is -0.366 e. The van der Waals surface area contributed by atoms with E-state index in [4.69, 9.17) is 11.6 Å². The number of anilines is 1. The second-order valence-electron chi connectivity index (χ2n) is 3.19. The van der Waals surface area contributed by atoms with Crippen molar-refractivity contribution in [3.8, 4) is 0 Å². The molecule has 0 bridgehead atoms. The molecule has 0 aliphatic rings. The molecular formula is C11H10ClN3S. The predicted molar refractivity (Wildman–Crippen MR) is 68.1 cm³/mol. The average Bonchev–Trinajstić information content (AvgIpc) is 2.28. The van der Waals surface area contributed by atoms with Gasteiger partial charge in [0.15, 0.2) is 0 Å². The number of hydrogen-bond donors (Lipinski definition) is 2. The quantitative estimate of drug-likeness (QED) is 0.651. The summed E-state index contributed by atoms with van der Waals surface area (Å²) in [6, 6.07) is 9.66. The molecule has 3 nitrogen and oxygen atoms in total. The first kappa shape index (κ1) is 11.2. The Morgan fingerprint density at radius 2 is 2.06 bits per heavy atom. The summed E-state index contributed by atoms with van der Waals surface area (Å²) in [5.41, 5.74) is 1.11. The standard InChI is InChI=1S/C11H10ClN3S/c12-11-13-6-5-10(15-11)14-7-8-3-1-2-4-9(8)16/h1-6,16H,7H2,(H,13,14,15). The molecular weight excluding hydrogens is 242 g/mol. The van der Waals surface area contributed by atoms with Gasteiger partial charge in [0.05, 0.1) is 0 Å². The Morgan fingerprint density at radius 1 is 1.25 bits per heavy atom. The lowest BCUT2D eigenvalue weighted by Crippen LogP contribution is -2.02. The van der Waals surface area contributed by atoms with Crippen LogP contribution in [0.1, 0.15) is 5.56 Å². The zero-order valence-corrected chi connectivity index (χ0v) is 10.0. The first-order chi connectivity index (χ1) is 7.75. The van der Waals surface area contributed by atoms with Crippen LogP contribution in [0.4, 0.5) is 5.82 Å². The third kappa shape index (κ3) is 2.87. The number of aromatic nitrogens is 2. The maximum Gasteiger partial charge on any atom is 0.224 e. The van der Waals surface area contributed by atoms with Crippen LogP contribution >= 0.6 is 24.2 Å². The van der Waals surface area contributed by atoms with Gasteiger partial charge < -0.3 is 5.32 Å². The Bertz CT molecular complexity index is 490. The number of halogens is 1. The highest BCUT2D eigenvalue weighted by molar-refractivity contribution is 7.80. The van der Waals surface area contributed by atoms with Crippen molar-refractivity contribution in [1.82, 2.24) is 9.97 Å². The Morgan fingerprint density at radius 3 is 2.81 bits per heavy atom. The molecule has 2 aromatic rings. The summed E-state index contributed by atoms with van der Waals surface area (Å²) in [6.45, 7) is 0.660. The highest BCUT2D eigenvalue weighted by Crippen LogP contribution is 2.14. The van der Waals surface area contributed by atoms with Gasteiger partial charge in [0, 0.05) is 17.6 Å². The zero-order chi connectivity index (χ0) is 11.4. The number of thiol groups is 1. The first-order valence-electron chi connectivity index (χ1n) is 4.75. The van der Waals surface area contributed by atoms with Crippen molar-refractivity contribution in [3.63, 3.8) is 0 Å². The van der Waals surface area contributed by atoms with Crippen LogP contribution in [0.5, 0.6) is 0 Å². The van der Waals surface area contributed by atoms with E-state index < -0.39 is 0 Å². The van der Waals surface area contributed by atoms with E-state index in [9.17, 15) is 0 Å². The van der Waals surface area contributed by atoms with E-state index in [-0.39, 0.29) is 5.28 Å². The smallest absolute Gasteiger partial charge is 0.224 e. The number of rotatable bonds is 3. The van der Waals surface area contributed by atoms with Gasteiger partial charge in [-0.1, -0.05) is 18.2 Å². The molecule has 0 saturated heterocycles. The molecule has 0 unspecified atom stereocenters. The molecule has 0 atom stereocenters. The first-order valence-corrected chi connectivity index (χ1v) is 5.57. The van der Waals surface area contributed by atoms with Crippen molar-refractivity contribution in [2.24, 2.45) is 0 Å². The monoisotopic (exact) mass is 251 g/mol. The molecule has 0 fully saturated rings. The van der Waals surface area contributed by atoms with Gasteiger partial charge in [-0.3, -0.25) is 0 Å². The summed E-state index contributed by atoms with van der Waals surface area (Å²) < 4.78 is 0. The van der Waals surface area contributed by atoms with Crippen LogP contribution < -0.4 is 5.32 Å². The predicted octanol–water partition coefficient (Wildman–Crippen LogP) is 3.03. The van der Waals surface area contributed by atoms with E-state index in [2.05, 4.69) is 27.9 Å². The van der Waals surface area contributed by atoms with Crippen molar-refractivity contribution in [2.45, 2.75) is 11.4 Å². The van der Waals surface area contributed by atoms with Crippen LogP contribution in [0.2, 0.25) is 5.28 Å². The van der Waals surface area contributed by atoms with Gasteiger partial charge >= 0.3 is 0 Å². The molecule has 5 heteroatoms. The minimum absolute atomic E-state index is 0.240. The molecule has 16 heavy (non-hydrogen) atoms. The lowest BCUT2D eigenvalue weighted by atomic mass is 10.2. The maximum absolute atomic E-state index is 5.68. The number of hydrogen-bond acceptors (Lipinski definition) is 4. The lowest BCUT2D eigenvalue weighted by molar-refractivity contribution is 1.05. The second kappa shape index (κ2) is 5.18. The molecule has 1 aromatic carbocycles. The molecule has 82 valence electrons. The van der Waals surface area contributed by atoms with Crippen LogP contribution in [0.15, 0.2) is 41.4 Å². The summed E-state index contributed by atoms with van der Waals surface area (Å²) in [7, 11) is 0. The lowest BCUT2D eigenvalue weighted by Gasteiger charge is -2.07. The van der Waals surface area contributed by atoms with Gasteiger partial charge in [0.1, 0.15) is 5.82 Å². The highest BCUT2D eigenvalue weighted by Gasteiger charge is 1.99. The number of nitrogens with zero attached hydrogens (tertiary/aromatic N) is 2. The maximum atomic E-state index is 5.68. The van der Waals surface area contributed by atoms with E-state index >= 15 is 0 Å². The fourth-order valence-corrected chi connectivity index (χ4v) is 1.67. The molecule has 0 saturated carbocycles. The molecule has 0 aliphatic heterocycles. The molecule has 1 aromatic heterocycles. The van der Waals surface area contributed by atoms with E-state index in [0.29, 0.717) is 12.4 Å². The van der Waals surface area contributed by atoms with Gasteiger partial charge in [0.2, 0.25) is 5.28 Å². The molecule has 0 aliphatic carbocycles. The van der Waals surface area contributed by atoms with Crippen LogP contribution in [0, 0.1) is 0 Å². The fourth-order valence-electron chi connectivity index (χ4n) is 1.28. The highest BCUT2D eigenvalue weighted by atomic mass is 35.5. The van der Waals surface area contributed by atoms with Crippen LogP contribution in [-0.4, -0.2) is 9.97 Å². The average molecular weight is 252 g/mol. The molecule has 0 radical (unpaired) electrons. The van der Waals surface area contributed by atoms with Gasteiger partial charge in [-0.05, 0) is 29.3 Å². The van der Waals surface area contributed by atoms with E-state index in [1.165, 1.54) is 0 Å². The summed E-state index contributed by atoms with van der Waals surface area (Å²) in [5.74, 6) is 0.705. The summed E-state index contributed by atoms with van der Waals surface area (Å²) in [6.07, 6.45) is 1.62. The number of benzene rings is 1. The fraction of sp³-hybridized carbons (Fsp3) is 0.0909. The Kier molecular flexibility index (Phi) is 3.64. The van der Waals surface area contributed by atoms with Crippen LogP contribution in [0.25, 0.3) is 0 Å². The molecule has 1 N–H and O–H groups in total. The second-order valence-corrected chi connectivity index (χ2v) is 4.01. The van der Waals surface area contributed by atoms with Gasteiger partial charge in [-0.25, -0.2) is 9.97 Å². The molecule has 1 heterocycles. The van der Waals surface area contributed by atoms with E-state index in [1.807, 2.05) is 24.3 Å². The van der Waals surface area contributed by atoms with Gasteiger partial charge in [0.25, 0.3) is 0 Å². The molecule has 0 amide bonds. The zero-order valence-electron chi connectivity index (χ0n) is 8.39. The normalized spacial score (nSPS) is 10.1. The Labute approximate surface area is 104 Å². The SMILES string of the molecule is Sc1ccccc1CNc1ccnc(Cl)n1. The third-order valence-corrected chi connectivity index (χ3v) is 2.70. The van der Waals surface area contributed by atoms with E-state index in [1.54, 1.807) is 12.3 Å². The molecule has 0 spiro atoms. The third-order valence-electron chi connectivity index (χ3n) is 2.08. The van der Waals surface area contributed by atoms with Crippen molar-refractivity contribution in [3.05, 3.63) is 47.4 Å². The summed E-state index contributed by atoms with van der Waals surface area (Å²) >= 11 is 10.0. The summed E-state index contributed by atoms with van der Waals surface area (Å²) in [5, 5.41) is 3.40. The van der Waals surface area contributed by atoms with E-state index in [0.717, 1.165) is 10.5 Å². The number of nitrogens with one attached hydrogen (secondary N) is 1. The van der Waals surface area contributed by atoms with Crippen LogP contribution in [-0.2, 0) is 6.54 Å². The minimum atomic E-state index is 0.240. The van der Waals surface area contributed by atoms with Crippen LogP contribution in [0.3, 0.4) is 0 Å². The largest absolute Gasteiger partial charge is 0.366 e. The van der Waals surface area contributed by atoms with Crippen molar-refractivity contribution >= 4 is 30.0 Å². The Balaban J connectivity index is 2.05. The van der Waals surface area contributed by atoms with Crippen molar-refractivity contribution in [1.29, 1.82) is 0 Å². The van der Waals surface area contributed by atoms with Gasteiger partial charge in [-0.15, -0.1) is 12.6 Å². The topological polar surface area (TPSA) is 37.8 Å². The van der Waals surface area contributed by atoms with Crippen molar-refractivity contribution in [2.75, 3.05) is 5.32 Å². The molecule has 2 rings (SSSR count). The Hall–Kier alpha value is -1.26. The summed E-state index contributed by atoms with van der Waals surface area (Å²) in [4.78, 5) is 8.80.